The van der Waals surface area contributed by atoms with Gasteiger partial charge in [0, 0.05) is 10.5 Å². The number of carbonyl (C=O) groups is 2. The zero-order valence-electron chi connectivity index (χ0n) is 11.3. The molecule has 22 heavy (non-hydrogen) atoms. The van der Waals surface area contributed by atoms with Crippen molar-refractivity contribution in [2.75, 3.05) is 12.8 Å². The maximum absolute atomic E-state index is 12.3. The van der Waals surface area contributed by atoms with E-state index < -0.39 is 17.4 Å². The van der Waals surface area contributed by atoms with Crippen LogP contribution in [-0.2, 0) is 0 Å². The molecule has 0 saturated carbocycles. The fourth-order valence-corrected chi connectivity index (χ4v) is 2.70. The summed E-state index contributed by atoms with van der Waals surface area (Å²) in [4.78, 5) is 35.8. The topological polar surface area (TPSA) is 103 Å². The van der Waals surface area contributed by atoms with Gasteiger partial charge in [-0.1, -0.05) is 15.9 Å². The third-order valence-corrected chi connectivity index (χ3v) is 3.83. The van der Waals surface area contributed by atoms with Crippen molar-refractivity contribution in [1.29, 1.82) is 0 Å². The number of imide groups is 1. The molecule has 0 bridgehead atoms. The Morgan fingerprint density at radius 1 is 1.18 bits per heavy atom. The third-order valence-electron chi connectivity index (χ3n) is 3.34. The third kappa shape index (κ3) is 2.00. The normalized spacial score (nSPS) is 13.0. The highest BCUT2D eigenvalue weighted by Gasteiger charge is 2.32. The highest BCUT2D eigenvalue weighted by Crippen LogP contribution is 2.29. The van der Waals surface area contributed by atoms with Crippen molar-refractivity contribution in [2.45, 2.75) is 0 Å². The van der Waals surface area contributed by atoms with Gasteiger partial charge in [0.15, 0.2) is 0 Å². The van der Waals surface area contributed by atoms with Crippen molar-refractivity contribution in [3.8, 4) is 11.4 Å². The Bertz CT molecular complexity index is 888. The van der Waals surface area contributed by atoms with Gasteiger partial charge in [-0.25, -0.2) is 0 Å². The Balaban J connectivity index is 2.35. The Kier molecular flexibility index (Phi) is 3.25. The van der Waals surface area contributed by atoms with E-state index in [0.717, 1.165) is 15.1 Å². The quantitative estimate of drug-likeness (QED) is 0.776. The molecule has 2 amide bonds. The number of nitrogen functional groups attached to an aromatic ring is 1. The zero-order valence-corrected chi connectivity index (χ0v) is 12.9. The number of halogens is 1. The molecule has 0 saturated heterocycles. The molecule has 1 aromatic heterocycles. The number of benzene rings is 1. The van der Waals surface area contributed by atoms with E-state index in [0.29, 0.717) is 11.4 Å². The molecule has 3 N–H and O–H groups in total. The number of nitrogens with two attached hydrogens (primary N) is 1. The van der Waals surface area contributed by atoms with E-state index in [2.05, 4.69) is 21.2 Å². The highest BCUT2D eigenvalue weighted by molar-refractivity contribution is 9.10. The minimum absolute atomic E-state index is 0.00503. The first-order valence-corrected chi connectivity index (χ1v) is 6.98. The summed E-state index contributed by atoms with van der Waals surface area (Å²) in [5.41, 5.74) is 5.80. The fourth-order valence-electron chi connectivity index (χ4n) is 2.36. The molecule has 2 aromatic rings. The van der Waals surface area contributed by atoms with E-state index in [-0.39, 0.29) is 16.9 Å². The number of aromatic nitrogens is 1. The average Bonchev–Trinajstić information content (AvgIpc) is 2.75. The van der Waals surface area contributed by atoms with Crippen LogP contribution in [0.2, 0.25) is 0 Å². The van der Waals surface area contributed by atoms with E-state index in [4.69, 9.17) is 10.5 Å². The van der Waals surface area contributed by atoms with Gasteiger partial charge in [-0.15, -0.1) is 0 Å². The zero-order chi connectivity index (χ0) is 16.0. The Labute approximate surface area is 132 Å². The molecule has 0 fully saturated rings. The van der Waals surface area contributed by atoms with Crippen molar-refractivity contribution in [1.82, 2.24) is 9.88 Å². The van der Waals surface area contributed by atoms with Gasteiger partial charge in [-0.2, -0.15) is 0 Å². The Morgan fingerprint density at radius 2 is 1.91 bits per heavy atom. The summed E-state index contributed by atoms with van der Waals surface area (Å²) in [5, 5.41) is 2.12. The lowest BCUT2D eigenvalue weighted by molar-refractivity contribution is 0.0880. The predicted octanol–water partition coefficient (Wildman–Crippen LogP) is 1.07. The molecule has 112 valence electrons. The number of nitrogens with zero attached hydrogens (tertiary/aromatic N) is 1. The molecular formula is C14H10BrN3O4. The first-order valence-electron chi connectivity index (χ1n) is 6.19. The van der Waals surface area contributed by atoms with Crippen LogP contribution in [0.25, 0.3) is 5.69 Å². The number of carbonyl (C=O) groups excluding carboxylic acids is 2. The Morgan fingerprint density at radius 3 is 2.59 bits per heavy atom. The number of hydrogen-bond acceptors (Lipinski definition) is 5. The van der Waals surface area contributed by atoms with Gasteiger partial charge in [0.1, 0.15) is 11.6 Å². The number of methoxy groups -OCH3 is 1. The van der Waals surface area contributed by atoms with E-state index in [1.165, 1.54) is 7.11 Å². The first kappa shape index (κ1) is 14.3. The number of hydrogen-bond donors (Lipinski definition) is 2. The molecule has 7 nitrogen and oxygen atoms in total. The summed E-state index contributed by atoms with van der Waals surface area (Å²) in [6.07, 6.45) is 0. The van der Waals surface area contributed by atoms with E-state index >= 15 is 0 Å². The molecule has 1 aliphatic heterocycles. The molecule has 1 aromatic carbocycles. The number of nitrogens with one attached hydrogen (secondary N) is 1. The molecule has 0 atom stereocenters. The minimum atomic E-state index is -0.626. The van der Waals surface area contributed by atoms with Crippen LogP contribution in [0.3, 0.4) is 0 Å². The summed E-state index contributed by atoms with van der Waals surface area (Å²) >= 11 is 3.31. The lowest BCUT2D eigenvalue weighted by Gasteiger charge is -2.15. The maximum Gasteiger partial charge on any atom is 0.262 e. The predicted molar refractivity (Wildman–Crippen MR) is 82.5 cm³/mol. The van der Waals surface area contributed by atoms with Gasteiger partial charge < -0.3 is 10.5 Å². The average molecular weight is 364 g/mol. The molecule has 8 heteroatoms. The number of rotatable bonds is 2. The monoisotopic (exact) mass is 363 g/mol. The second-order valence-electron chi connectivity index (χ2n) is 4.59. The first-order chi connectivity index (χ1) is 10.4. The van der Waals surface area contributed by atoms with Crippen LogP contribution in [0.4, 0.5) is 5.82 Å². The summed E-state index contributed by atoms with van der Waals surface area (Å²) in [6, 6.07) is 6.09. The molecule has 0 radical (unpaired) electrons. The number of amides is 2. The van der Waals surface area contributed by atoms with E-state index in [1.807, 2.05) is 0 Å². The lowest BCUT2D eigenvalue weighted by atomic mass is 10.1. The van der Waals surface area contributed by atoms with Crippen LogP contribution in [0, 0.1) is 0 Å². The second kappa shape index (κ2) is 4.99. The van der Waals surface area contributed by atoms with Gasteiger partial charge in [0.05, 0.1) is 23.9 Å². The molecule has 3 rings (SSSR count). The molecule has 2 heterocycles. The molecule has 1 aliphatic rings. The summed E-state index contributed by atoms with van der Waals surface area (Å²) in [6.45, 7) is 0. The number of fused-ring (bicyclic) bond motifs is 1. The van der Waals surface area contributed by atoms with Crippen molar-refractivity contribution < 1.29 is 14.3 Å². The lowest BCUT2D eigenvalue weighted by Crippen LogP contribution is -2.24. The van der Waals surface area contributed by atoms with Gasteiger partial charge in [0.25, 0.3) is 17.4 Å². The second-order valence-corrected chi connectivity index (χ2v) is 5.51. The Hall–Kier alpha value is -2.61. The largest absolute Gasteiger partial charge is 0.495 e. The van der Waals surface area contributed by atoms with Crippen molar-refractivity contribution in [2.24, 2.45) is 0 Å². The number of pyridine rings is 1. The van der Waals surface area contributed by atoms with Crippen LogP contribution in [0.1, 0.15) is 20.7 Å². The van der Waals surface area contributed by atoms with Gasteiger partial charge in [-0.3, -0.25) is 24.3 Å². The van der Waals surface area contributed by atoms with Crippen LogP contribution in [0.15, 0.2) is 33.5 Å². The maximum atomic E-state index is 12.3. The van der Waals surface area contributed by atoms with Gasteiger partial charge >= 0.3 is 0 Å². The standard InChI is InChI=1S/C14H10BrN3O4/c1-22-9-4-6(15)2-3-8(9)18-10(19)5-7-11(12(18)16)14(21)17-13(7)20/h2-5H,16H2,1H3,(H,17,20,21). The van der Waals surface area contributed by atoms with Crippen molar-refractivity contribution >= 4 is 33.6 Å². The minimum Gasteiger partial charge on any atom is -0.495 e. The van der Waals surface area contributed by atoms with E-state index in [1.54, 1.807) is 18.2 Å². The highest BCUT2D eigenvalue weighted by atomic mass is 79.9. The SMILES string of the molecule is COc1cc(Br)ccc1-n1c(N)c2c(cc1=O)C(=O)NC2=O. The fraction of sp³-hybridized carbons (Fsp3) is 0.0714. The molecule has 0 unspecified atom stereocenters. The van der Waals surface area contributed by atoms with Crippen LogP contribution in [0.5, 0.6) is 5.75 Å². The molecule has 0 spiro atoms. The van der Waals surface area contributed by atoms with Gasteiger partial charge in [-0.05, 0) is 18.2 Å². The van der Waals surface area contributed by atoms with E-state index in [9.17, 15) is 14.4 Å². The number of anilines is 1. The van der Waals surface area contributed by atoms with Crippen molar-refractivity contribution in [3.05, 3.63) is 50.2 Å². The number of ether oxygens (including phenoxy) is 1. The van der Waals surface area contributed by atoms with Crippen molar-refractivity contribution in [3.63, 3.8) is 0 Å². The molecule has 0 aliphatic carbocycles. The van der Waals surface area contributed by atoms with Crippen LogP contribution in [-0.4, -0.2) is 23.5 Å². The van der Waals surface area contributed by atoms with Crippen LogP contribution < -0.4 is 21.3 Å². The van der Waals surface area contributed by atoms with Crippen LogP contribution >= 0.6 is 15.9 Å². The summed E-state index contributed by atoms with van der Waals surface area (Å²) in [5.74, 6) is -0.958. The molecular weight excluding hydrogens is 354 g/mol. The summed E-state index contributed by atoms with van der Waals surface area (Å²) < 4.78 is 7.14. The summed E-state index contributed by atoms with van der Waals surface area (Å²) in [7, 11) is 1.45. The van der Waals surface area contributed by atoms with Gasteiger partial charge in [0.2, 0.25) is 0 Å². The smallest absolute Gasteiger partial charge is 0.262 e.